The van der Waals surface area contributed by atoms with Crippen LogP contribution >= 0.6 is 22.6 Å². The number of amides is 1. The summed E-state index contributed by atoms with van der Waals surface area (Å²) in [7, 11) is 0. The number of anilines is 1. The van der Waals surface area contributed by atoms with Crippen molar-refractivity contribution in [2.75, 3.05) is 5.32 Å². The number of halogens is 1. The number of carbonyl (C=O) groups excluding carboxylic acids is 1. The molecule has 0 spiro atoms. The zero-order valence-electron chi connectivity index (χ0n) is 17.2. The van der Waals surface area contributed by atoms with Gasteiger partial charge in [0.2, 0.25) is 0 Å². The van der Waals surface area contributed by atoms with E-state index in [0.29, 0.717) is 27.9 Å². The van der Waals surface area contributed by atoms with Crippen molar-refractivity contribution < 1.29 is 9.72 Å². The maximum absolute atomic E-state index is 13.5. The first-order chi connectivity index (χ1) is 15.8. The van der Waals surface area contributed by atoms with E-state index in [2.05, 4.69) is 32.9 Å². The fraction of sp³-hybridized carbons (Fsp3) is 0.0417. The molecule has 1 aromatic heterocycles. The third-order valence-corrected chi connectivity index (χ3v) is 6.08. The Kier molecular flexibility index (Phi) is 5.05. The number of nitro groups is 1. The topological polar surface area (TPSA) is 107 Å². The zero-order chi connectivity index (χ0) is 23.3. The summed E-state index contributed by atoms with van der Waals surface area (Å²) in [6, 6.07) is 16.6. The number of non-ortho nitro benzene ring substituents is 1. The van der Waals surface area contributed by atoms with Crippen molar-refractivity contribution in [1.82, 2.24) is 9.55 Å². The lowest BCUT2D eigenvalue weighted by Crippen LogP contribution is -2.22. The van der Waals surface area contributed by atoms with Crippen LogP contribution in [0.4, 0.5) is 11.4 Å². The lowest BCUT2D eigenvalue weighted by molar-refractivity contribution is -0.384. The molecule has 5 rings (SSSR count). The maximum atomic E-state index is 13.5. The Morgan fingerprint density at radius 1 is 1.06 bits per heavy atom. The van der Waals surface area contributed by atoms with Gasteiger partial charge in [-0.05, 0) is 78.1 Å². The molecule has 0 fully saturated rings. The molecule has 3 aromatic carbocycles. The highest BCUT2D eigenvalue weighted by atomic mass is 127. The van der Waals surface area contributed by atoms with Crippen molar-refractivity contribution >= 4 is 62.4 Å². The van der Waals surface area contributed by atoms with Crippen LogP contribution in [0.1, 0.15) is 17.0 Å². The van der Waals surface area contributed by atoms with Gasteiger partial charge in [0.1, 0.15) is 5.82 Å². The summed E-state index contributed by atoms with van der Waals surface area (Å²) in [5.74, 6) is -0.0372. The highest BCUT2D eigenvalue weighted by Crippen LogP contribution is 2.34. The van der Waals surface area contributed by atoms with Crippen molar-refractivity contribution in [2.24, 2.45) is 0 Å². The van der Waals surface area contributed by atoms with E-state index in [-0.39, 0.29) is 23.0 Å². The monoisotopic (exact) mass is 550 g/mol. The molecule has 9 heteroatoms. The molecule has 0 unspecified atom stereocenters. The molecule has 0 saturated heterocycles. The second kappa shape index (κ2) is 7.93. The van der Waals surface area contributed by atoms with Gasteiger partial charge in [0, 0.05) is 27.0 Å². The first-order valence-electron chi connectivity index (χ1n) is 9.93. The van der Waals surface area contributed by atoms with E-state index in [4.69, 9.17) is 0 Å². The Morgan fingerprint density at radius 3 is 2.55 bits per heavy atom. The minimum Gasteiger partial charge on any atom is -0.321 e. The molecular weight excluding hydrogens is 535 g/mol. The summed E-state index contributed by atoms with van der Waals surface area (Å²) in [6.45, 7) is 1.93. The Bertz CT molecular complexity index is 1570. The molecular formula is C24H15IN4O4. The van der Waals surface area contributed by atoms with Gasteiger partial charge in [0.05, 0.1) is 27.1 Å². The zero-order valence-corrected chi connectivity index (χ0v) is 19.4. The number of nitro benzene ring substituents is 1. The summed E-state index contributed by atoms with van der Waals surface area (Å²) in [4.78, 5) is 41.5. The standard InChI is InChI=1S/C24H15IN4O4/c1-13-2-8-20-17(10-13)18(23(30)27-20)12-22-26-21-9-3-14(25)11-19(21)24(31)28(22)15-4-6-16(7-5-15)29(32)33/h2-12H,1H3,(H,27,30). The normalized spacial score (nSPS) is 13.9. The molecule has 1 aliphatic heterocycles. The van der Waals surface area contributed by atoms with E-state index < -0.39 is 4.92 Å². The third-order valence-electron chi connectivity index (χ3n) is 5.41. The van der Waals surface area contributed by atoms with Crippen LogP contribution in [0.15, 0.2) is 65.5 Å². The molecule has 0 saturated carbocycles. The molecule has 2 heterocycles. The SMILES string of the molecule is Cc1ccc2c(c1)C(=Cc1nc3ccc(I)cc3c(=O)n1-c1ccc([N+](=O)[O-])cc1)C(=O)N2. The van der Waals surface area contributed by atoms with Crippen molar-refractivity contribution in [2.45, 2.75) is 6.92 Å². The Balaban J connectivity index is 1.80. The number of carbonyl (C=O) groups is 1. The van der Waals surface area contributed by atoms with Gasteiger partial charge < -0.3 is 5.32 Å². The number of rotatable bonds is 3. The highest BCUT2D eigenvalue weighted by Gasteiger charge is 2.25. The van der Waals surface area contributed by atoms with Crippen LogP contribution in [0.25, 0.3) is 28.2 Å². The number of hydrogen-bond acceptors (Lipinski definition) is 5. The Morgan fingerprint density at radius 2 is 1.82 bits per heavy atom. The van der Waals surface area contributed by atoms with E-state index in [1.54, 1.807) is 18.2 Å². The Labute approximate surface area is 200 Å². The molecule has 1 aliphatic rings. The third kappa shape index (κ3) is 3.69. The van der Waals surface area contributed by atoms with E-state index in [0.717, 1.165) is 14.7 Å². The number of hydrogen-bond donors (Lipinski definition) is 1. The maximum Gasteiger partial charge on any atom is 0.269 e. The van der Waals surface area contributed by atoms with Gasteiger partial charge >= 0.3 is 0 Å². The molecule has 1 amide bonds. The molecule has 33 heavy (non-hydrogen) atoms. The van der Waals surface area contributed by atoms with Crippen molar-refractivity contribution in [3.8, 4) is 5.69 Å². The second-order valence-corrected chi connectivity index (χ2v) is 8.85. The van der Waals surface area contributed by atoms with Crippen molar-refractivity contribution in [3.63, 3.8) is 0 Å². The summed E-state index contributed by atoms with van der Waals surface area (Å²) in [5.41, 5.74) is 3.29. The number of nitrogens with zero attached hydrogens (tertiary/aromatic N) is 3. The number of aromatic nitrogens is 2. The first-order valence-corrected chi connectivity index (χ1v) is 11.0. The van der Waals surface area contributed by atoms with Crippen LogP contribution in [0.3, 0.4) is 0 Å². The second-order valence-electron chi connectivity index (χ2n) is 7.61. The van der Waals surface area contributed by atoms with Crippen LogP contribution < -0.4 is 10.9 Å². The van der Waals surface area contributed by atoms with Crippen LogP contribution in [0, 0.1) is 20.6 Å². The molecule has 8 nitrogen and oxygen atoms in total. The molecule has 1 N–H and O–H groups in total. The van der Waals surface area contributed by atoms with Crippen molar-refractivity contribution in [3.05, 3.63) is 102 Å². The summed E-state index contributed by atoms with van der Waals surface area (Å²) < 4.78 is 2.25. The van der Waals surface area contributed by atoms with E-state index in [1.807, 2.05) is 31.2 Å². The van der Waals surface area contributed by atoms with Gasteiger partial charge in [-0.1, -0.05) is 11.6 Å². The van der Waals surface area contributed by atoms with E-state index >= 15 is 0 Å². The van der Waals surface area contributed by atoms with Crippen molar-refractivity contribution in [1.29, 1.82) is 0 Å². The molecule has 162 valence electrons. The van der Waals surface area contributed by atoms with Gasteiger partial charge in [-0.25, -0.2) is 4.98 Å². The van der Waals surface area contributed by atoms with Gasteiger partial charge in [0.15, 0.2) is 0 Å². The molecule has 0 bridgehead atoms. The highest BCUT2D eigenvalue weighted by molar-refractivity contribution is 14.1. The largest absolute Gasteiger partial charge is 0.321 e. The summed E-state index contributed by atoms with van der Waals surface area (Å²) >= 11 is 2.12. The fourth-order valence-corrected chi connectivity index (χ4v) is 4.31. The molecule has 0 radical (unpaired) electrons. The molecule has 0 atom stereocenters. The van der Waals surface area contributed by atoms with Gasteiger partial charge in [-0.3, -0.25) is 24.3 Å². The predicted molar refractivity (Wildman–Crippen MR) is 134 cm³/mol. The minimum atomic E-state index is -0.501. The number of aryl methyl sites for hydroxylation is 1. The molecule has 0 aliphatic carbocycles. The lowest BCUT2D eigenvalue weighted by Gasteiger charge is -2.12. The predicted octanol–water partition coefficient (Wildman–Crippen LogP) is 4.70. The van der Waals surface area contributed by atoms with Crippen LogP contribution in [-0.2, 0) is 4.79 Å². The van der Waals surface area contributed by atoms with Crippen LogP contribution in [-0.4, -0.2) is 20.4 Å². The minimum absolute atomic E-state index is 0.0884. The van der Waals surface area contributed by atoms with Gasteiger partial charge in [-0.15, -0.1) is 0 Å². The Hall–Kier alpha value is -3.86. The number of fused-ring (bicyclic) bond motifs is 2. The first kappa shape index (κ1) is 21.0. The quantitative estimate of drug-likeness (QED) is 0.172. The van der Waals surface area contributed by atoms with Crippen LogP contribution in [0.5, 0.6) is 0 Å². The number of benzene rings is 3. The summed E-state index contributed by atoms with van der Waals surface area (Å²) in [6.07, 6.45) is 1.58. The average Bonchev–Trinajstić information content (AvgIpc) is 3.09. The average molecular weight is 550 g/mol. The smallest absolute Gasteiger partial charge is 0.269 e. The van der Waals surface area contributed by atoms with Gasteiger partial charge in [0.25, 0.3) is 17.2 Å². The number of nitrogens with one attached hydrogen (secondary N) is 1. The van der Waals surface area contributed by atoms with E-state index in [1.165, 1.54) is 28.8 Å². The van der Waals surface area contributed by atoms with E-state index in [9.17, 15) is 19.7 Å². The molecule has 4 aromatic rings. The lowest BCUT2D eigenvalue weighted by atomic mass is 10.0. The van der Waals surface area contributed by atoms with Gasteiger partial charge in [-0.2, -0.15) is 0 Å². The summed E-state index contributed by atoms with van der Waals surface area (Å²) in [5, 5.41) is 14.3. The van der Waals surface area contributed by atoms with Crippen LogP contribution in [0.2, 0.25) is 0 Å². The fourth-order valence-electron chi connectivity index (χ4n) is 3.82.